The Labute approximate surface area is 282 Å². The van der Waals surface area contributed by atoms with Gasteiger partial charge in [-0.2, -0.15) is 13.2 Å². The largest absolute Gasteiger partial charge is 0.416 e. The Morgan fingerprint density at radius 2 is 1.77 bits per heavy atom. The third-order valence-electron chi connectivity index (χ3n) is 8.40. The van der Waals surface area contributed by atoms with Gasteiger partial charge in [0.1, 0.15) is 5.01 Å². The van der Waals surface area contributed by atoms with Crippen molar-refractivity contribution in [1.29, 1.82) is 0 Å². The number of likely N-dealkylation sites (tertiary alicyclic amines) is 1. The van der Waals surface area contributed by atoms with Gasteiger partial charge < -0.3 is 25.5 Å². The van der Waals surface area contributed by atoms with E-state index in [2.05, 4.69) is 15.6 Å². The zero-order valence-corrected chi connectivity index (χ0v) is 27.9. The highest BCUT2D eigenvalue weighted by Crippen LogP contribution is 2.35. The predicted molar refractivity (Wildman–Crippen MR) is 181 cm³/mol. The van der Waals surface area contributed by atoms with Crippen molar-refractivity contribution < 1.29 is 27.9 Å². The molecule has 8 nitrogen and oxygen atoms in total. The number of aryl methyl sites for hydroxylation is 1. The molecule has 1 aromatic heterocycles. The molecule has 3 N–H and O–H groups in total. The van der Waals surface area contributed by atoms with E-state index in [1.54, 1.807) is 35.6 Å². The molecule has 0 saturated carbocycles. The summed E-state index contributed by atoms with van der Waals surface area (Å²) in [5.74, 6) is -0.637. The summed E-state index contributed by atoms with van der Waals surface area (Å²) in [5, 5.41) is 20.1. The van der Waals surface area contributed by atoms with E-state index in [9.17, 15) is 27.9 Å². The van der Waals surface area contributed by atoms with E-state index in [0.29, 0.717) is 29.8 Å². The molecule has 3 atom stereocenters. The summed E-state index contributed by atoms with van der Waals surface area (Å²) in [5.41, 5.74) is 2.81. The van der Waals surface area contributed by atoms with Crippen molar-refractivity contribution in [1.82, 2.24) is 20.5 Å². The molecule has 5 rings (SSSR count). The summed E-state index contributed by atoms with van der Waals surface area (Å²) < 4.78 is 39.5. The maximum absolute atomic E-state index is 13.9. The number of alkyl halides is 3. The Balaban J connectivity index is 1.34. The summed E-state index contributed by atoms with van der Waals surface area (Å²) >= 11 is 1.54. The van der Waals surface area contributed by atoms with Crippen LogP contribution >= 0.6 is 11.3 Å². The van der Waals surface area contributed by atoms with E-state index >= 15 is 0 Å². The topological polar surface area (TPSA) is 97.8 Å². The predicted octanol–water partition coefficient (Wildman–Crippen LogP) is 6.01. The third kappa shape index (κ3) is 8.80. The summed E-state index contributed by atoms with van der Waals surface area (Å²) in [6.07, 6.45) is -3.55. The van der Waals surface area contributed by atoms with Crippen LogP contribution in [0, 0.1) is 6.92 Å². The Morgan fingerprint density at radius 3 is 2.46 bits per heavy atom. The molecule has 1 saturated heterocycles. The number of anilines is 1. The zero-order chi connectivity index (χ0) is 34.4. The lowest BCUT2D eigenvalue weighted by Crippen LogP contribution is -2.48. The smallest absolute Gasteiger partial charge is 0.390 e. The van der Waals surface area contributed by atoms with Crippen LogP contribution in [0.5, 0.6) is 0 Å². The van der Waals surface area contributed by atoms with Gasteiger partial charge in [-0.1, -0.05) is 48.5 Å². The molecule has 0 spiro atoms. The average molecular weight is 680 g/mol. The first kappa shape index (κ1) is 35.1. The SMILES string of the molecule is Cc1csc(C2CCCN2C(=O)c2cc(C(=O)N[C@@H](Cc3ccccc3)[C@H](O)CNCc3cccc(C(F)(F)F)c3)cc(N(C)C)c2)n1. The normalized spacial score (nSPS) is 16.1. The molecule has 1 aliphatic heterocycles. The lowest BCUT2D eigenvalue weighted by molar-refractivity contribution is -0.137. The number of amides is 2. The minimum Gasteiger partial charge on any atom is -0.390 e. The Bertz CT molecular complexity index is 1710. The van der Waals surface area contributed by atoms with E-state index in [1.165, 1.54) is 6.07 Å². The van der Waals surface area contributed by atoms with Crippen LogP contribution in [0.3, 0.4) is 0 Å². The monoisotopic (exact) mass is 679 g/mol. The van der Waals surface area contributed by atoms with Gasteiger partial charge in [-0.3, -0.25) is 9.59 Å². The molecular weight excluding hydrogens is 639 g/mol. The second-order valence-electron chi connectivity index (χ2n) is 12.3. The average Bonchev–Trinajstić information content (AvgIpc) is 3.73. The van der Waals surface area contributed by atoms with Crippen LogP contribution < -0.4 is 15.5 Å². The highest BCUT2D eigenvalue weighted by Gasteiger charge is 2.33. The van der Waals surface area contributed by atoms with E-state index in [4.69, 9.17) is 0 Å². The highest BCUT2D eigenvalue weighted by atomic mass is 32.1. The van der Waals surface area contributed by atoms with Crippen LogP contribution in [0.1, 0.15) is 67.0 Å². The van der Waals surface area contributed by atoms with Crippen molar-refractivity contribution in [3.8, 4) is 0 Å². The van der Waals surface area contributed by atoms with Gasteiger partial charge in [0, 0.05) is 61.6 Å². The van der Waals surface area contributed by atoms with Crippen molar-refractivity contribution in [3.05, 3.63) is 117 Å². The fourth-order valence-corrected chi connectivity index (χ4v) is 6.79. The molecule has 3 aromatic carbocycles. The molecule has 2 amide bonds. The maximum atomic E-state index is 13.9. The molecule has 1 fully saturated rings. The van der Waals surface area contributed by atoms with E-state index in [0.717, 1.165) is 41.2 Å². The minimum absolute atomic E-state index is 0.0159. The van der Waals surface area contributed by atoms with Crippen LogP contribution in [-0.2, 0) is 19.1 Å². The number of hydrogen-bond acceptors (Lipinski definition) is 7. The quantitative estimate of drug-likeness (QED) is 0.170. The number of aliphatic hydroxyl groups excluding tert-OH is 1. The van der Waals surface area contributed by atoms with E-state index in [-0.39, 0.29) is 30.6 Å². The number of nitrogens with zero attached hydrogens (tertiary/aromatic N) is 3. The fraction of sp³-hybridized carbons (Fsp3) is 0.361. The molecule has 12 heteroatoms. The van der Waals surface area contributed by atoms with Crippen LogP contribution in [-0.4, -0.2) is 66.1 Å². The molecule has 0 aliphatic carbocycles. The van der Waals surface area contributed by atoms with Gasteiger partial charge in [0.2, 0.25) is 0 Å². The molecule has 4 aromatic rings. The van der Waals surface area contributed by atoms with Crippen molar-refractivity contribution >= 4 is 28.8 Å². The van der Waals surface area contributed by atoms with Crippen molar-refractivity contribution in [3.63, 3.8) is 0 Å². The minimum atomic E-state index is -4.45. The number of rotatable bonds is 12. The first-order valence-corrected chi connectivity index (χ1v) is 16.7. The molecule has 1 unspecified atom stereocenters. The lowest BCUT2D eigenvalue weighted by Gasteiger charge is -2.26. The lowest BCUT2D eigenvalue weighted by atomic mass is 9.99. The maximum Gasteiger partial charge on any atom is 0.416 e. The second-order valence-corrected chi connectivity index (χ2v) is 13.2. The van der Waals surface area contributed by atoms with Gasteiger partial charge in [0.25, 0.3) is 11.8 Å². The summed E-state index contributed by atoms with van der Waals surface area (Å²) in [4.78, 5) is 36.0. The Morgan fingerprint density at radius 1 is 1.04 bits per heavy atom. The summed E-state index contributed by atoms with van der Waals surface area (Å²) in [6.45, 7) is 2.64. The van der Waals surface area contributed by atoms with Gasteiger partial charge in [0.15, 0.2) is 0 Å². The highest BCUT2D eigenvalue weighted by molar-refractivity contribution is 7.09. The summed E-state index contributed by atoms with van der Waals surface area (Å²) in [7, 11) is 3.67. The van der Waals surface area contributed by atoms with Crippen molar-refractivity contribution in [2.24, 2.45) is 0 Å². The zero-order valence-electron chi connectivity index (χ0n) is 27.1. The van der Waals surface area contributed by atoms with Crippen LogP contribution in [0.15, 0.2) is 78.2 Å². The number of benzene rings is 3. The molecule has 2 heterocycles. The second kappa shape index (κ2) is 15.3. The number of carbonyl (C=O) groups is 2. The number of hydrogen-bond donors (Lipinski definition) is 3. The fourth-order valence-electron chi connectivity index (χ4n) is 5.85. The standard InChI is InChI=1S/C36H40F3N5O3S/c1-23-22-48-34(41-23)31-13-8-14-44(31)35(47)27-17-26(18-29(19-27)43(2)3)33(46)42-30(16-24-9-5-4-6-10-24)32(45)21-40-20-25-11-7-12-28(15-25)36(37,38)39/h4-7,9-12,15,17-19,22,30-32,40,45H,8,13-14,16,20-21H2,1-3H3,(H,42,46)/t30-,31?,32+/m0/s1. The summed E-state index contributed by atoms with van der Waals surface area (Å²) in [6, 6.07) is 18.6. The van der Waals surface area contributed by atoms with Gasteiger partial charge >= 0.3 is 6.18 Å². The first-order valence-electron chi connectivity index (χ1n) is 15.8. The molecule has 48 heavy (non-hydrogen) atoms. The third-order valence-corrected chi connectivity index (χ3v) is 9.46. The Kier molecular flexibility index (Phi) is 11.2. The number of aliphatic hydroxyl groups is 1. The first-order chi connectivity index (χ1) is 22.9. The van der Waals surface area contributed by atoms with E-state index < -0.39 is 29.8 Å². The molecule has 1 aliphatic rings. The van der Waals surface area contributed by atoms with Gasteiger partial charge in [0.05, 0.1) is 23.8 Å². The van der Waals surface area contributed by atoms with E-state index in [1.807, 2.05) is 66.5 Å². The van der Waals surface area contributed by atoms with Crippen molar-refractivity contribution in [2.45, 2.75) is 57.1 Å². The number of nitrogens with one attached hydrogen (secondary N) is 2. The number of carbonyl (C=O) groups excluding carboxylic acids is 2. The molecular formula is C36H40F3N5O3S. The number of aromatic nitrogens is 1. The van der Waals surface area contributed by atoms with Crippen LogP contribution in [0.2, 0.25) is 0 Å². The molecule has 254 valence electrons. The number of halogens is 3. The van der Waals surface area contributed by atoms with Crippen LogP contribution in [0.4, 0.5) is 18.9 Å². The van der Waals surface area contributed by atoms with Crippen LogP contribution in [0.25, 0.3) is 0 Å². The van der Waals surface area contributed by atoms with Gasteiger partial charge in [-0.05, 0) is 61.6 Å². The van der Waals surface area contributed by atoms with Crippen molar-refractivity contribution in [2.75, 3.05) is 32.1 Å². The van der Waals surface area contributed by atoms with Gasteiger partial charge in [-0.25, -0.2) is 4.98 Å². The molecule has 0 radical (unpaired) electrons. The number of thiazole rings is 1. The van der Waals surface area contributed by atoms with Gasteiger partial charge in [-0.15, -0.1) is 11.3 Å². The molecule has 0 bridgehead atoms. The Hall–Kier alpha value is -4.26.